The molecule has 0 radical (unpaired) electrons. The van der Waals surface area contributed by atoms with E-state index in [1.165, 1.54) is 75.8 Å². The molecule has 5 rings (SSSR count). The van der Waals surface area contributed by atoms with Crippen molar-refractivity contribution in [2.45, 2.75) is 44.9 Å². The fraction of sp³-hybridized carbons (Fsp3) is 0.667. The van der Waals surface area contributed by atoms with Crippen LogP contribution in [0.5, 0.6) is 0 Å². The van der Waals surface area contributed by atoms with Crippen LogP contribution >= 0.6 is 0 Å². The zero-order valence-electron chi connectivity index (χ0n) is 16.7. The maximum absolute atomic E-state index is 5.52. The Morgan fingerprint density at radius 1 is 0.963 bits per heavy atom. The number of ether oxygens (including phenoxy) is 1. The van der Waals surface area contributed by atoms with Crippen LogP contribution in [0.3, 0.4) is 0 Å². The molecule has 1 spiro atoms. The molecule has 3 heteroatoms. The van der Waals surface area contributed by atoms with Gasteiger partial charge in [0.15, 0.2) is 0 Å². The molecule has 0 atom stereocenters. The van der Waals surface area contributed by atoms with Crippen molar-refractivity contribution in [3.8, 4) is 0 Å². The molecule has 27 heavy (non-hydrogen) atoms. The number of hydrogen-bond acceptors (Lipinski definition) is 3. The van der Waals surface area contributed by atoms with E-state index in [4.69, 9.17) is 4.74 Å². The monoisotopic (exact) mass is 366 g/mol. The van der Waals surface area contributed by atoms with Gasteiger partial charge in [-0.15, -0.1) is 0 Å². The van der Waals surface area contributed by atoms with E-state index in [1.54, 1.807) is 5.57 Å². The first-order chi connectivity index (χ1) is 13.3. The molecule has 2 saturated heterocycles. The molecule has 0 aromatic heterocycles. The van der Waals surface area contributed by atoms with Gasteiger partial charge in [0, 0.05) is 57.2 Å². The normalized spacial score (nSPS) is 26.2. The second kappa shape index (κ2) is 7.60. The van der Waals surface area contributed by atoms with Gasteiger partial charge in [-0.05, 0) is 67.9 Å². The number of benzene rings is 1. The van der Waals surface area contributed by atoms with E-state index < -0.39 is 0 Å². The SMILES string of the molecule is C1=C(c2ccccc2N2CCN(CC3CCOCC3)CC2)CCC2(C1)CC2. The first kappa shape index (κ1) is 17.8. The maximum atomic E-state index is 5.52. The van der Waals surface area contributed by atoms with Crippen molar-refractivity contribution in [2.75, 3.05) is 50.8 Å². The average molecular weight is 367 g/mol. The van der Waals surface area contributed by atoms with Crippen LogP contribution in [0.15, 0.2) is 30.3 Å². The van der Waals surface area contributed by atoms with Crippen molar-refractivity contribution < 1.29 is 4.74 Å². The minimum absolute atomic E-state index is 0.716. The lowest BCUT2D eigenvalue weighted by Crippen LogP contribution is -2.48. The number of hydrogen-bond donors (Lipinski definition) is 0. The number of allylic oxidation sites excluding steroid dienone is 2. The summed E-state index contributed by atoms with van der Waals surface area (Å²) in [5.41, 5.74) is 5.30. The second-order valence-corrected chi connectivity index (χ2v) is 9.29. The lowest BCUT2D eigenvalue weighted by Gasteiger charge is -2.39. The molecule has 1 aromatic rings. The topological polar surface area (TPSA) is 15.7 Å². The van der Waals surface area contributed by atoms with Crippen molar-refractivity contribution >= 4 is 11.3 Å². The Labute approximate surface area is 164 Å². The zero-order chi connectivity index (χ0) is 18.1. The number of piperazine rings is 1. The van der Waals surface area contributed by atoms with Crippen LogP contribution in [0.25, 0.3) is 5.57 Å². The van der Waals surface area contributed by atoms with Gasteiger partial charge in [-0.3, -0.25) is 4.90 Å². The van der Waals surface area contributed by atoms with E-state index >= 15 is 0 Å². The summed E-state index contributed by atoms with van der Waals surface area (Å²) in [6.07, 6.45) is 12.0. The van der Waals surface area contributed by atoms with E-state index in [0.29, 0.717) is 5.41 Å². The van der Waals surface area contributed by atoms with E-state index in [9.17, 15) is 0 Å². The highest BCUT2D eigenvalue weighted by atomic mass is 16.5. The third-order valence-electron chi connectivity index (χ3n) is 7.48. The van der Waals surface area contributed by atoms with Crippen LogP contribution < -0.4 is 4.90 Å². The lowest BCUT2D eigenvalue weighted by atomic mass is 9.84. The fourth-order valence-corrected chi connectivity index (χ4v) is 5.31. The Bertz CT molecular complexity index is 679. The summed E-state index contributed by atoms with van der Waals surface area (Å²) in [4.78, 5) is 5.32. The summed E-state index contributed by atoms with van der Waals surface area (Å²) < 4.78 is 5.52. The molecule has 0 amide bonds. The molecule has 4 aliphatic rings. The van der Waals surface area contributed by atoms with Crippen LogP contribution in [-0.4, -0.2) is 50.8 Å². The summed E-state index contributed by atoms with van der Waals surface area (Å²) in [6, 6.07) is 9.16. The van der Waals surface area contributed by atoms with Crippen LogP contribution in [0.4, 0.5) is 5.69 Å². The largest absolute Gasteiger partial charge is 0.381 e. The smallest absolute Gasteiger partial charge is 0.0469 e. The molecule has 3 nitrogen and oxygen atoms in total. The molecule has 2 heterocycles. The second-order valence-electron chi connectivity index (χ2n) is 9.29. The molecular formula is C24H34N2O. The fourth-order valence-electron chi connectivity index (χ4n) is 5.31. The van der Waals surface area contributed by atoms with Gasteiger partial charge in [0.05, 0.1) is 0 Å². The van der Waals surface area contributed by atoms with Crippen molar-refractivity contribution in [2.24, 2.45) is 11.3 Å². The highest BCUT2D eigenvalue weighted by Gasteiger charge is 2.42. The number of anilines is 1. The van der Waals surface area contributed by atoms with Crippen molar-refractivity contribution in [1.29, 1.82) is 0 Å². The Balaban J connectivity index is 1.23. The van der Waals surface area contributed by atoms with Gasteiger partial charge in [-0.1, -0.05) is 24.3 Å². The third-order valence-corrected chi connectivity index (χ3v) is 7.48. The molecule has 2 aliphatic carbocycles. The van der Waals surface area contributed by atoms with E-state index in [-0.39, 0.29) is 0 Å². The van der Waals surface area contributed by atoms with Crippen LogP contribution in [-0.2, 0) is 4.74 Å². The van der Waals surface area contributed by atoms with Crippen LogP contribution in [0.1, 0.15) is 50.5 Å². The molecule has 0 N–H and O–H groups in total. The van der Waals surface area contributed by atoms with Crippen molar-refractivity contribution in [3.05, 3.63) is 35.9 Å². The quantitative estimate of drug-likeness (QED) is 0.775. The maximum Gasteiger partial charge on any atom is 0.0469 e. The average Bonchev–Trinajstić information content (AvgIpc) is 3.49. The first-order valence-electron chi connectivity index (χ1n) is 11.1. The van der Waals surface area contributed by atoms with E-state index in [2.05, 4.69) is 40.1 Å². The van der Waals surface area contributed by atoms with Gasteiger partial charge < -0.3 is 9.64 Å². The van der Waals surface area contributed by atoms with Crippen molar-refractivity contribution in [3.63, 3.8) is 0 Å². The summed E-state index contributed by atoms with van der Waals surface area (Å²) in [7, 11) is 0. The van der Waals surface area contributed by atoms with Gasteiger partial charge in [-0.2, -0.15) is 0 Å². The van der Waals surface area contributed by atoms with E-state index in [1.807, 2.05) is 0 Å². The predicted molar refractivity (Wildman–Crippen MR) is 112 cm³/mol. The number of nitrogens with zero attached hydrogens (tertiary/aromatic N) is 2. The third kappa shape index (κ3) is 3.95. The van der Waals surface area contributed by atoms with Gasteiger partial charge in [-0.25, -0.2) is 0 Å². The highest BCUT2D eigenvalue weighted by Crippen LogP contribution is 2.56. The zero-order valence-corrected chi connectivity index (χ0v) is 16.7. The Morgan fingerprint density at radius 2 is 1.74 bits per heavy atom. The van der Waals surface area contributed by atoms with Gasteiger partial charge in [0.2, 0.25) is 0 Å². The molecular weight excluding hydrogens is 332 g/mol. The minimum Gasteiger partial charge on any atom is -0.381 e. The van der Waals surface area contributed by atoms with E-state index in [0.717, 1.165) is 32.2 Å². The standard InChI is InChI=1S/C24H34N2O/c1-2-4-23(22(3-1)21-5-9-24(10-6-21)11-12-24)26-15-13-25(14-16-26)19-20-7-17-27-18-8-20/h1-5,20H,6-19H2. The molecule has 1 saturated carbocycles. The van der Waals surface area contributed by atoms with Gasteiger partial charge in [0.25, 0.3) is 0 Å². The summed E-state index contributed by atoms with van der Waals surface area (Å²) in [5, 5.41) is 0. The summed E-state index contributed by atoms with van der Waals surface area (Å²) >= 11 is 0. The molecule has 146 valence electrons. The molecule has 0 unspecified atom stereocenters. The molecule has 2 aliphatic heterocycles. The minimum atomic E-state index is 0.716. The molecule has 0 bridgehead atoms. The number of para-hydroxylation sites is 1. The summed E-state index contributed by atoms with van der Waals surface area (Å²) in [5.74, 6) is 0.847. The molecule has 3 fully saturated rings. The summed E-state index contributed by atoms with van der Waals surface area (Å²) in [6.45, 7) is 7.94. The Hall–Kier alpha value is -1.32. The van der Waals surface area contributed by atoms with Crippen molar-refractivity contribution in [1.82, 2.24) is 4.90 Å². The van der Waals surface area contributed by atoms with Crippen LogP contribution in [0.2, 0.25) is 0 Å². The number of rotatable bonds is 4. The molecule has 1 aromatic carbocycles. The Kier molecular flexibility index (Phi) is 5.00. The van der Waals surface area contributed by atoms with Gasteiger partial charge >= 0.3 is 0 Å². The predicted octanol–water partition coefficient (Wildman–Crippen LogP) is 4.58. The van der Waals surface area contributed by atoms with Crippen LogP contribution in [0, 0.1) is 11.3 Å². The Morgan fingerprint density at radius 3 is 2.44 bits per heavy atom. The lowest BCUT2D eigenvalue weighted by molar-refractivity contribution is 0.0517. The highest BCUT2D eigenvalue weighted by molar-refractivity contribution is 5.77. The van der Waals surface area contributed by atoms with Gasteiger partial charge in [0.1, 0.15) is 0 Å². The first-order valence-corrected chi connectivity index (χ1v) is 11.1.